The lowest BCUT2D eigenvalue weighted by molar-refractivity contribution is 0.541. The predicted molar refractivity (Wildman–Crippen MR) is 98.1 cm³/mol. The molecule has 128 valence electrons. The first-order chi connectivity index (χ1) is 11.5. The van der Waals surface area contributed by atoms with E-state index in [-0.39, 0.29) is 4.90 Å². The first-order valence-corrected chi connectivity index (χ1v) is 9.87. The molecule has 1 N–H and O–H groups in total. The lowest BCUT2D eigenvalue weighted by atomic mass is 10.1. The van der Waals surface area contributed by atoms with Crippen LogP contribution in [0.15, 0.2) is 53.4 Å². The normalized spacial score (nSPS) is 18.1. The minimum absolute atomic E-state index is 0.219. The minimum atomic E-state index is -3.52. The van der Waals surface area contributed by atoms with Crippen LogP contribution in [0, 0.1) is 12.8 Å². The number of para-hydroxylation sites is 1. The van der Waals surface area contributed by atoms with Gasteiger partial charge in [-0.3, -0.25) is 0 Å². The molecule has 1 heterocycles. The van der Waals surface area contributed by atoms with Crippen LogP contribution in [0.2, 0.25) is 5.02 Å². The number of aryl methyl sites for hydroxylation is 1. The molecule has 24 heavy (non-hydrogen) atoms. The summed E-state index contributed by atoms with van der Waals surface area (Å²) in [6.45, 7) is 4.11. The van der Waals surface area contributed by atoms with Crippen molar-refractivity contribution in [3.8, 4) is 0 Å². The number of nitrogens with one attached hydrogen (secondary N) is 1. The summed E-state index contributed by atoms with van der Waals surface area (Å²) in [6.07, 6.45) is 0.978. The maximum absolute atomic E-state index is 12.4. The van der Waals surface area contributed by atoms with Gasteiger partial charge in [0.2, 0.25) is 10.0 Å². The highest BCUT2D eigenvalue weighted by atomic mass is 35.5. The smallest absolute Gasteiger partial charge is 0.240 e. The molecular formula is C18H21ClN2O2S. The number of hydrogen-bond donors (Lipinski definition) is 1. The van der Waals surface area contributed by atoms with Gasteiger partial charge in [0.05, 0.1) is 4.90 Å². The van der Waals surface area contributed by atoms with Crippen molar-refractivity contribution in [3.63, 3.8) is 0 Å². The molecule has 1 fully saturated rings. The summed E-state index contributed by atoms with van der Waals surface area (Å²) in [5.41, 5.74) is 2.05. The monoisotopic (exact) mass is 364 g/mol. The van der Waals surface area contributed by atoms with Crippen LogP contribution in [0.5, 0.6) is 0 Å². The van der Waals surface area contributed by atoms with Gasteiger partial charge in [-0.1, -0.05) is 35.9 Å². The second-order valence-corrected chi connectivity index (χ2v) is 8.37. The van der Waals surface area contributed by atoms with E-state index >= 15 is 0 Å². The van der Waals surface area contributed by atoms with Crippen LogP contribution in [0.4, 0.5) is 5.69 Å². The zero-order chi connectivity index (χ0) is 17.2. The fourth-order valence-corrected chi connectivity index (χ4v) is 4.31. The minimum Gasteiger partial charge on any atom is -0.371 e. The van der Waals surface area contributed by atoms with Crippen molar-refractivity contribution in [3.05, 3.63) is 59.1 Å². The Labute approximate surface area is 148 Å². The van der Waals surface area contributed by atoms with E-state index in [2.05, 4.69) is 21.8 Å². The van der Waals surface area contributed by atoms with Gasteiger partial charge < -0.3 is 4.90 Å². The molecule has 1 aliphatic rings. The number of anilines is 1. The summed E-state index contributed by atoms with van der Waals surface area (Å²) in [5, 5.41) is 0.467. The lowest BCUT2D eigenvalue weighted by Gasteiger charge is -2.18. The van der Waals surface area contributed by atoms with Crippen LogP contribution in [-0.2, 0) is 10.0 Å². The molecule has 0 spiro atoms. The van der Waals surface area contributed by atoms with E-state index in [4.69, 9.17) is 11.6 Å². The van der Waals surface area contributed by atoms with Crippen molar-refractivity contribution in [1.29, 1.82) is 0 Å². The highest BCUT2D eigenvalue weighted by Gasteiger charge is 2.24. The van der Waals surface area contributed by atoms with E-state index in [1.807, 2.05) is 25.1 Å². The standard InChI is InChI=1S/C18H21ClN2O2S/c1-14-7-8-17(11-18(14)19)24(22,23)20-12-15-9-10-21(13-15)16-5-3-2-4-6-16/h2-8,11,15,20H,9-10,12-13H2,1H3. The van der Waals surface area contributed by atoms with Gasteiger partial charge in [-0.05, 0) is 49.1 Å². The van der Waals surface area contributed by atoms with Gasteiger partial charge in [-0.15, -0.1) is 0 Å². The van der Waals surface area contributed by atoms with Crippen molar-refractivity contribution in [2.45, 2.75) is 18.2 Å². The van der Waals surface area contributed by atoms with Gasteiger partial charge in [0.1, 0.15) is 0 Å². The van der Waals surface area contributed by atoms with E-state index in [1.165, 1.54) is 11.8 Å². The number of sulfonamides is 1. The first kappa shape index (κ1) is 17.3. The zero-order valence-corrected chi connectivity index (χ0v) is 15.1. The third kappa shape index (κ3) is 3.91. The highest BCUT2D eigenvalue weighted by Crippen LogP contribution is 2.24. The van der Waals surface area contributed by atoms with Crippen LogP contribution in [0.1, 0.15) is 12.0 Å². The average molecular weight is 365 g/mol. The summed E-state index contributed by atoms with van der Waals surface area (Å²) in [5.74, 6) is 0.306. The number of halogens is 1. The molecule has 0 bridgehead atoms. The summed E-state index contributed by atoms with van der Waals surface area (Å²) in [4.78, 5) is 2.51. The van der Waals surface area contributed by atoms with Gasteiger partial charge in [0, 0.05) is 30.3 Å². The summed E-state index contributed by atoms with van der Waals surface area (Å²) >= 11 is 6.04. The fraction of sp³-hybridized carbons (Fsp3) is 0.333. The van der Waals surface area contributed by atoms with E-state index in [9.17, 15) is 8.42 Å². The summed E-state index contributed by atoms with van der Waals surface area (Å²) in [6, 6.07) is 15.0. The fourth-order valence-electron chi connectivity index (χ4n) is 2.92. The second-order valence-electron chi connectivity index (χ2n) is 6.20. The molecule has 0 radical (unpaired) electrons. The first-order valence-electron chi connectivity index (χ1n) is 8.01. The molecule has 1 saturated heterocycles. The quantitative estimate of drug-likeness (QED) is 0.884. The maximum Gasteiger partial charge on any atom is 0.240 e. The van der Waals surface area contributed by atoms with Gasteiger partial charge in [0.25, 0.3) is 0 Å². The molecule has 0 saturated carbocycles. The Hall–Kier alpha value is -1.56. The molecule has 4 nitrogen and oxygen atoms in total. The Morgan fingerprint density at radius 2 is 1.96 bits per heavy atom. The predicted octanol–water partition coefficient (Wildman–Crippen LogP) is 3.45. The zero-order valence-electron chi connectivity index (χ0n) is 13.6. The second kappa shape index (κ2) is 7.13. The summed E-state index contributed by atoms with van der Waals surface area (Å²) in [7, 11) is -3.52. The Bertz CT molecular complexity index is 809. The van der Waals surface area contributed by atoms with E-state index in [0.717, 1.165) is 25.1 Å². The molecule has 1 unspecified atom stereocenters. The molecule has 0 amide bonds. The van der Waals surface area contributed by atoms with Gasteiger partial charge in [-0.25, -0.2) is 13.1 Å². The molecule has 1 atom stereocenters. The highest BCUT2D eigenvalue weighted by molar-refractivity contribution is 7.89. The van der Waals surface area contributed by atoms with Crippen molar-refractivity contribution >= 4 is 27.3 Å². The Morgan fingerprint density at radius 3 is 2.67 bits per heavy atom. The van der Waals surface area contributed by atoms with Gasteiger partial charge >= 0.3 is 0 Å². The van der Waals surface area contributed by atoms with E-state index < -0.39 is 10.0 Å². The number of nitrogens with zero attached hydrogens (tertiary/aromatic N) is 1. The van der Waals surface area contributed by atoms with E-state index in [1.54, 1.807) is 12.1 Å². The van der Waals surface area contributed by atoms with Gasteiger partial charge in [-0.2, -0.15) is 0 Å². The lowest BCUT2D eigenvalue weighted by Crippen LogP contribution is -2.31. The molecule has 2 aromatic rings. The number of rotatable bonds is 5. The van der Waals surface area contributed by atoms with Crippen LogP contribution < -0.4 is 9.62 Å². The van der Waals surface area contributed by atoms with Crippen LogP contribution in [-0.4, -0.2) is 28.1 Å². The third-order valence-electron chi connectivity index (χ3n) is 4.42. The Morgan fingerprint density at radius 1 is 1.21 bits per heavy atom. The average Bonchev–Trinajstić information content (AvgIpc) is 3.05. The number of hydrogen-bond acceptors (Lipinski definition) is 3. The molecule has 0 aromatic heterocycles. The third-order valence-corrected chi connectivity index (χ3v) is 6.25. The summed E-state index contributed by atoms with van der Waals surface area (Å²) < 4.78 is 27.6. The van der Waals surface area contributed by atoms with E-state index in [0.29, 0.717) is 17.5 Å². The van der Waals surface area contributed by atoms with Crippen LogP contribution in [0.3, 0.4) is 0 Å². The molecule has 0 aliphatic carbocycles. The van der Waals surface area contributed by atoms with Gasteiger partial charge in [0.15, 0.2) is 0 Å². The molecular weight excluding hydrogens is 344 g/mol. The van der Waals surface area contributed by atoms with Crippen molar-refractivity contribution in [2.24, 2.45) is 5.92 Å². The topological polar surface area (TPSA) is 49.4 Å². The SMILES string of the molecule is Cc1ccc(S(=O)(=O)NCC2CCN(c3ccccc3)C2)cc1Cl. The van der Waals surface area contributed by atoms with Crippen molar-refractivity contribution in [1.82, 2.24) is 4.72 Å². The van der Waals surface area contributed by atoms with Crippen LogP contribution >= 0.6 is 11.6 Å². The maximum atomic E-state index is 12.4. The molecule has 6 heteroatoms. The van der Waals surface area contributed by atoms with Crippen molar-refractivity contribution < 1.29 is 8.42 Å². The molecule has 2 aromatic carbocycles. The Kier molecular flexibility index (Phi) is 5.13. The molecule has 1 aliphatic heterocycles. The molecule has 3 rings (SSSR count). The Balaban J connectivity index is 1.60. The number of benzene rings is 2. The largest absolute Gasteiger partial charge is 0.371 e. The van der Waals surface area contributed by atoms with Crippen LogP contribution in [0.25, 0.3) is 0 Å². The van der Waals surface area contributed by atoms with Crippen molar-refractivity contribution in [2.75, 3.05) is 24.5 Å².